The molecule has 0 bridgehead atoms. The van der Waals surface area contributed by atoms with Gasteiger partial charge in [-0.25, -0.2) is 0 Å². The lowest BCUT2D eigenvalue weighted by Gasteiger charge is -2.19. The van der Waals surface area contributed by atoms with Crippen molar-refractivity contribution < 1.29 is 14.2 Å². The van der Waals surface area contributed by atoms with E-state index in [1.165, 1.54) is 11.1 Å². The number of methoxy groups -OCH3 is 2. The van der Waals surface area contributed by atoms with Gasteiger partial charge >= 0.3 is 0 Å². The summed E-state index contributed by atoms with van der Waals surface area (Å²) in [5.41, 5.74) is 3.29. The predicted octanol–water partition coefficient (Wildman–Crippen LogP) is 4.96. The molecule has 0 fully saturated rings. The average molecular weight is 378 g/mol. The molecular formula is C21H28ClNO3. The zero-order valence-electron chi connectivity index (χ0n) is 16.2. The fourth-order valence-electron chi connectivity index (χ4n) is 2.55. The molecule has 2 aromatic rings. The molecule has 1 N–H and O–H groups in total. The van der Waals surface area contributed by atoms with E-state index in [-0.39, 0.29) is 5.60 Å². The molecule has 0 unspecified atom stereocenters. The standard InChI is InChI=1S/C21H28ClNO3/c1-21(2,3)26-14-16-8-6-7-15(9-16)12-23-13-17-10-18(22)20(25-5)19(11-17)24-4/h6-11,23H,12-14H2,1-5H3. The Labute approximate surface area is 161 Å². The van der Waals surface area contributed by atoms with Gasteiger partial charge in [0.15, 0.2) is 11.5 Å². The third-order valence-corrected chi connectivity index (χ3v) is 4.10. The third kappa shape index (κ3) is 6.20. The fourth-order valence-corrected chi connectivity index (χ4v) is 2.86. The van der Waals surface area contributed by atoms with Crippen molar-refractivity contribution in [1.82, 2.24) is 5.32 Å². The Kier molecular flexibility index (Phi) is 7.33. The summed E-state index contributed by atoms with van der Waals surface area (Å²) in [5, 5.41) is 3.98. The van der Waals surface area contributed by atoms with Crippen LogP contribution in [0.5, 0.6) is 11.5 Å². The molecule has 5 heteroatoms. The van der Waals surface area contributed by atoms with E-state index in [1.54, 1.807) is 14.2 Å². The van der Waals surface area contributed by atoms with Crippen molar-refractivity contribution in [3.63, 3.8) is 0 Å². The van der Waals surface area contributed by atoms with Gasteiger partial charge in [-0.05, 0) is 49.6 Å². The van der Waals surface area contributed by atoms with Crippen molar-refractivity contribution in [2.75, 3.05) is 14.2 Å². The van der Waals surface area contributed by atoms with Crippen LogP contribution in [0.1, 0.15) is 37.5 Å². The quantitative estimate of drug-likeness (QED) is 0.705. The Hall–Kier alpha value is -1.75. The largest absolute Gasteiger partial charge is 0.493 e. The molecule has 0 aliphatic rings. The Morgan fingerprint density at radius 3 is 2.27 bits per heavy atom. The molecule has 0 aliphatic heterocycles. The van der Waals surface area contributed by atoms with Crippen molar-refractivity contribution in [2.45, 2.75) is 46.1 Å². The molecule has 0 saturated heterocycles. The molecule has 0 heterocycles. The minimum Gasteiger partial charge on any atom is -0.493 e. The molecule has 0 atom stereocenters. The Bertz CT molecular complexity index is 726. The van der Waals surface area contributed by atoms with Gasteiger partial charge in [0.05, 0.1) is 31.5 Å². The van der Waals surface area contributed by atoms with E-state index in [2.05, 4.69) is 50.4 Å². The summed E-state index contributed by atoms with van der Waals surface area (Å²) in [5.74, 6) is 1.20. The highest BCUT2D eigenvalue weighted by Gasteiger charge is 2.11. The first-order valence-corrected chi connectivity index (χ1v) is 9.03. The zero-order valence-corrected chi connectivity index (χ0v) is 16.9. The fraction of sp³-hybridized carbons (Fsp3) is 0.429. The Balaban J connectivity index is 1.95. The minimum absolute atomic E-state index is 0.138. The third-order valence-electron chi connectivity index (χ3n) is 3.81. The second-order valence-corrected chi connectivity index (χ2v) is 7.54. The molecule has 0 aromatic heterocycles. The maximum Gasteiger partial charge on any atom is 0.179 e. The lowest BCUT2D eigenvalue weighted by Crippen LogP contribution is -2.18. The Morgan fingerprint density at radius 1 is 0.923 bits per heavy atom. The lowest BCUT2D eigenvalue weighted by atomic mass is 10.1. The van der Waals surface area contributed by atoms with E-state index in [4.69, 9.17) is 25.8 Å². The summed E-state index contributed by atoms with van der Waals surface area (Å²) < 4.78 is 16.5. The van der Waals surface area contributed by atoms with Crippen molar-refractivity contribution >= 4 is 11.6 Å². The van der Waals surface area contributed by atoms with Crippen LogP contribution in [-0.4, -0.2) is 19.8 Å². The van der Waals surface area contributed by atoms with E-state index in [1.807, 2.05) is 12.1 Å². The summed E-state index contributed by atoms with van der Waals surface area (Å²) >= 11 is 6.25. The second kappa shape index (κ2) is 9.26. The van der Waals surface area contributed by atoms with Gasteiger partial charge in [-0.15, -0.1) is 0 Å². The molecule has 2 rings (SSSR count). The molecule has 0 amide bonds. The maximum atomic E-state index is 6.25. The van der Waals surface area contributed by atoms with Crippen LogP contribution in [0, 0.1) is 0 Å². The van der Waals surface area contributed by atoms with Crippen LogP contribution >= 0.6 is 11.6 Å². The van der Waals surface area contributed by atoms with Gasteiger partial charge in [-0.3, -0.25) is 0 Å². The second-order valence-electron chi connectivity index (χ2n) is 7.14. The summed E-state index contributed by atoms with van der Waals surface area (Å²) in [6.45, 7) is 8.24. The van der Waals surface area contributed by atoms with Gasteiger partial charge in [-0.2, -0.15) is 0 Å². The van der Waals surface area contributed by atoms with Crippen LogP contribution in [0.2, 0.25) is 5.02 Å². The SMILES string of the molecule is COc1cc(CNCc2cccc(COC(C)(C)C)c2)cc(Cl)c1OC. The zero-order chi connectivity index (χ0) is 19.2. The smallest absolute Gasteiger partial charge is 0.179 e. The van der Waals surface area contributed by atoms with E-state index in [0.29, 0.717) is 29.7 Å². The van der Waals surface area contributed by atoms with Crippen molar-refractivity contribution in [2.24, 2.45) is 0 Å². The number of nitrogens with one attached hydrogen (secondary N) is 1. The van der Waals surface area contributed by atoms with E-state index in [9.17, 15) is 0 Å². The first-order chi connectivity index (χ1) is 12.3. The van der Waals surface area contributed by atoms with Gasteiger partial charge in [0.1, 0.15) is 0 Å². The number of hydrogen-bond donors (Lipinski definition) is 1. The van der Waals surface area contributed by atoms with Crippen LogP contribution in [-0.2, 0) is 24.4 Å². The normalized spacial score (nSPS) is 11.5. The summed E-state index contributed by atoms with van der Waals surface area (Å²) in [6, 6.07) is 12.2. The topological polar surface area (TPSA) is 39.7 Å². The van der Waals surface area contributed by atoms with Crippen LogP contribution in [0.15, 0.2) is 36.4 Å². The minimum atomic E-state index is -0.138. The van der Waals surface area contributed by atoms with Gasteiger partial charge < -0.3 is 19.5 Å². The highest BCUT2D eigenvalue weighted by molar-refractivity contribution is 6.32. The number of benzene rings is 2. The van der Waals surface area contributed by atoms with Gasteiger partial charge in [0.2, 0.25) is 0 Å². The molecule has 0 radical (unpaired) electrons. The molecule has 0 spiro atoms. The number of ether oxygens (including phenoxy) is 3. The number of hydrogen-bond acceptors (Lipinski definition) is 4. The van der Waals surface area contributed by atoms with Crippen LogP contribution in [0.25, 0.3) is 0 Å². The first kappa shape index (κ1) is 20.6. The molecule has 4 nitrogen and oxygen atoms in total. The molecule has 0 aliphatic carbocycles. The van der Waals surface area contributed by atoms with Gasteiger partial charge in [0, 0.05) is 13.1 Å². The Morgan fingerprint density at radius 2 is 1.62 bits per heavy atom. The van der Waals surface area contributed by atoms with Crippen LogP contribution < -0.4 is 14.8 Å². The highest BCUT2D eigenvalue weighted by atomic mass is 35.5. The molecule has 26 heavy (non-hydrogen) atoms. The van der Waals surface area contributed by atoms with Crippen LogP contribution in [0.3, 0.4) is 0 Å². The summed E-state index contributed by atoms with van der Waals surface area (Å²) in [4.78, 5) is 0. The molecule has 2 aromatic carbocycles. The summed E-state index contributed by atoms with van der Waals surface area (Å²) in [6.07, 6.45) is 0. The summed E-state index contributed by atoms with van der Waals surface area (Å²) in [7, 11) is 3.19. The first-order valence-electron chi connectivity index (χ1n) is 8.65. The number of halogens is 1. The van der Waals surface area contributed by atoms with Crippen LogP contribution in [0.4, 0.5) is 0 Å². The molecular weight excluding hydrogens is 350 g/mol. The number of rotatable bonds is 8. The van der Waals surface area contributed by atoms with E-state index < -0.39 is 0 Å². The molecule has 142 valence electrons. The monoisotopic (exact) mass is 377 g/mol. The maximum absolute atomic E-state index is 6.25. The highest BCUT2D eigenvalue weighted by Crippen LogP contribution is 2.35. The van der Waals surface area contributed by atoms with E-state index >= 15 is 0 Å². The van der Waals surface area contributed by atoms with Crippen molar-refractivity contribution in [1.29, 1.82) is 0 Å². The van der Waals surface area contributed by atoms with Crippen molar-refractivity contribution in [3.05, 3.63) is 58.1 Å². The predicted molar refractivity (Wildman–Crippen MR) is 106 cm³/mol. The van der Waals surface area contributed by atoms with E-state index in [0.717, 1.165) is 12.1 Å². The molecule has 0 saturated carbocycles. The average Bonchev–Trinajstić information content (AvgIpc) is 2.59. The van der Waals surface area contributed by atoms with Gasteiger partial charge in [-0.1, -0.05) is 35.9 Å². The van der Waals surface area contributed by atoms with Crippen molar-refractivity contribution in [3.8, 4) is 11.5 Å². The van der Waals surface area contributed by atoms with Gasteiger partial charge in [0.25, 0.3) is 0 Å². The lowest BCUT2D eigenvalue weighted by molar-refractivity contribution is -0.0149.